The quantitative estimate of drug-likeness (QED) is 0.384. The third-order valence-corrected chi connectivity index (χ3v) is 7.39. The summed E-state index contributed by atoms with van der Waals surface area (Å²) in [4.78, 5) is 15.7. The normalized spacial score (nSPS) is 17.1. The first kappa shape index (κ1) is 27.6. The maximum Gasteiger partial charge on any atom is 0.251 e. The van der Waals surface area contributed by atoms with Crippen LogP contribution in [0.1, 0.15) is 70.3 Å². The van der Waals surface area contributed by atoms with Crippen LogP contribution >= 0.6 is 11.6 Å². The number of benzene rings is 2. The van der Waals surface area contributed by atoms with Crippen LogP contribution in [0.5, 0.6) is 11.5 Å². The number of amides is 1. The van der Waals surface area contributed by atoms with Gasteiger partial charge in [-0.3, -0.25) is 9.69 Å². The molecule has 198 valence electrons. The highest BCUT2D eigenvalue weighted by Crippen LogP contribution is 2.40. The second-order valence-electron chi connectivity index (χ2n) is 11.3. The molecule has 1 N–H and O–H groups in total. The van der Waals surface area contributed by atoms with Gasteiger partial charge in [-0.15, -0.1) is 0 Å². The molecule has 7 nitrogen and oxygen atoms in total. The molecule has 2 heterocycles. The van der Waals surface area contributed by atoms with Gasteiger partial charge in [0.1, 0.15) is 23.1 Å². The topological polar surface area (TPSA) is 91.1 Å². The fourth-order valence-electron chi connectivity index (χ4n) is 6.33. The van der Waals surface area contributed by atoms with Crippen molar-refractivity contribution in [1.29, 1.82) is 5.26 Å². The Bertz CT molecular complexity index is 1350. The number of ether oxygens (including phenoxy) is 1. The van der Waals surface area contributed by atoms with E-state index in [1.54, 1.807) is 48.8 Å². The van der Waals surface area contributed by atoms with E-state index in [9.17, 15) is 10.1 Å². The molecule has 0 spiro atoms. The van der Waals surface area contributed by atoms with Crippen molar-refractivity contribution < 1.29 is 9.53 Å². The number of likely N-dealkylation sites (tertiary alicyclic amines) is 1. The molecular formula is C30H34ClN5O2. The van der Waals surface area contributed by atoms with Crippen LogP contribution in [-0.2, 0) is 0 Å². The number of rotatable bonds is 6. The Morgan fingerprint density at radius 1 is 1.11 bits per heavy atom. The molecule has 0 unspecified atom stereocenters. The van der Waals surface area contributed by atoms with Crippen molar-refractivity contribution in [3.8, 4) is 28.7 Å². The van der Waals surface area contributed by atoms with Gasteiger partial charge in [-0.05, 0) is 84.7 Å². The number of nitrogens with one attached hydrogen (secondary N) is 1. The number of nitriles is 1. The lowest BCUT2D eigenvalue weighted by molar-refractivity contribution is -0.0616. The standard InChI is InChI=1S/C30H34ClN5O2/c1-19(2)36-29(3,4)15-22(16-30(36,5)6)35-28(37)20-10-11-27(25(31)14-20)38-26-9-7-8-23(24(26)17-32)21-12-13-33-34-18-21/h7-14,18-19,22H,15-16H2,1-6H3,(H,35,37). The van der Waals surface area contributed by atoms with Gasteiger partial charge in [-0.1, -0.05) is 23.7 Å². The molecule has 0 aliphatic carbocycles. The Morgan fingerprint density at radius 3 is 2.39 bits per heavy atom. The zero-order valence-electron chi connectivity index (χ0n) is 22.7. The Morgan fingerprint density at radius 2 is 1.82 bits per heavy atom. The first-order valence-corrected chi connectivity index (χ1v) is 13.2. The molecule has 8 heteroatoms. The molecular weight excluding hydrogens is 498 g/mol. The summed E-state index contributed by atoms with van der Waals surface area (Å²) >= 11 is 6.55. The first-order chi connectivity index (χ1) is 17.9. The van der Waals surface area contributed by atoms with Crippen molar-refractivity contribution >= 4 is 17.5 Å². The smallest absolute Gasteiger partial charge is 0.251 e. The van der Waals surface area contributed by atoms with Crippen molar-refractivity contribution in [2.45, 2.75) is 77.5 Å². The van der Waals surface area contributed by atoms with Crippen molar-refractivity contribution in [3.05, 3.63) is 71.0 Å². The monoisotopic (exact) mass is 531 g/mol. The zero-order valence-corrected chi connectivity index (χ0v) is 23.5. The Labute approximate surface area is 229 Å². The van der Waals surface area contributed by atoms with Crippen molar-refractivity contribution in [2.24, 2.45) is 0 Å². The number of halogens is 1. The molecule has 0 bridgehead atoms. The summed E-state index contributed by atoms with van der Waals surface area (Å²) in [6, 6.07) is 14.7. The van der Waals surface area contributed by atoms with E-state index >= 15 is 0 Å². The molecule has 1 amide bonds. The molecule has 0 saturated carbocycles. The van der Waals surface area contributed by atoms with Gasteiger partial charge in [0.05, 0.1) is 17.4 Å². The number of aromatic nitrogens is 2. The fraction of sp³-hybridized carbons (Fsp3) is 0.400. The molecule has 1 saturated heterocycles. The third-order valence-electron chi connectivity index (χ3n) is 7.10. The van der Waals surface area contributed by atoms with Crippen molar-refractivity contribution in [3.63, 3.8) is 0 Å². The van der Waals surface area contributed by atoms with Crippen LogP contribution in [0, 0.1) is 11.3 Å². The molecule has 1 aliphatic rings. The van der Waals surface area contributed by atoms with Crippen LogP contribution in [0.3, 0.4) is 0 Å². The lowest BCUT2D eigenvalue weighted by atomic mass is 9.76. The summed E-state index contributed by atoms with van der Waals surface area (Å²) in [6.45, 7) is 13.4. The van der Waals surface area contributed by atoms with E-state index in [2.05, 4.69) is 68.0 Å². The van der Waals surface area contributed by atoms with Crippen LogP contribution in [-0.4, -0.2) is 44.2 Å². The fourth-order valence-corrected chi connectivity index (χ4v) is 6.55. The number of carbonyl (C=O) groups excluding carboxylic acids is 1. The van der Waals surface area contributed by atoms with E-state index in [-0.39, 0.29) is 28.0 Å². The zero-order chi connectivity index (χ0) is 27.7. The highest BCUT2D eigenvalue weighted by atomic mass is 35.5. The van der Waals surface area contributed by atoms with Gasteiger partial charge >= 0.3 is 0 Å². The van der Waals surface area contributed by atoms with Gasteiger partial charge in [0, 0.05) is 39.9 Å². The number of nitrogens with zero attached hydrogens (tertiary/aromatic N) is 4. The summed E-state index contributed by atoms with van der Waals surface area (Å²) in [5.74, 6) is 0.553. The van der Waals surface area contributed by atoms with E-state index in [4.69, 9.17) is 16.3 Å². The van der Waals surface area contributed by atoms with E-state index in [1.165, 1.54) is 0 Å². The number of hydrogen-bond donors (Lipinski definition) is 1. The number of piperidine rings is 1. The first-order valence-electron chi connectivity index (χ1n) is 12.8. The molecule has 1 aliphatic heterocycles. The van der Waals surface area contributed by atoms with Crippen molar-refractivity contribution in [1.82, 2.24) is 20.4 Å². The van der Waals surface area contributed by atoms with Crippen molar-refractivity contribution in [2.75, 3.05) is 0 Å². The summed E-state index contributed by atoms with van der Waals surface area (Å²) in [6.07, 6.45) is 4.88. The van der Waals surface area contributed by atoms with Gasteiger partial charge in [0.25, 0.3) is 5.91 Å². The molecule has 1 fully saturated rings. The number of carbonyl (C=O) groups is 1. The molecule has 2 aromatic carbocycles. The summed E-state index contributed by atoms with van der Waals surface area (Å²) in [5, 5.41) is 21.1. The largest absolute Gasteiger partial charge is 0.454 e. The van der Waals surface area contributed by atoms with Crippen LogP contribution in [0.4, 0.5) is 0 Å². The second-order valence-corrected chi connectivity index (χ2v) is 11.7. The van der Waals surface area contributed by atoms with Crippen LogP contribution in [0.2, 0.25) is 5.02 Å². The third kappa shape index (κ3) is 5.67. The molecule has 3 aromatic rings. The van der Waals surface area contributed by atoms with Gasteiger partial charge in [0.15, 0.2) is 0 Å². The minimum Gasteiger partial charge on any atom is -0.454 e. The Hall–Kier alpha value is -3.47. The van der Waals surface area contributed by atoms with E-state index in [0.717, 1.165) is 18.4 Å². The van der Waals surface area contributed by atoms with Gasteiger partial charge in [-0.2, -0.15) is 15.5 Å². The van der Waals surface area contributed by atoms with Crippen LogP contribution in [0.15, 0.2) is 54.9 Å². The van der Waals surface area contributed by atoms with Crippen LogP contribution < -0.4 is 10.1 Å². The highest BCUT2D eigenvalue weighted by Gasteiger charge is 2.46. The summed E-state index contributed by atoms with van der Waals surface area (Å²) in [7, 11) is 0. The Balaban J connectivity index is 1.51. The molecule has 4 rings (SSSR count). The summed E-state index contributed by atoms with van der Waals surface area (Å²) in [5.41, 5.74) is 2.15. The summed E-state index contributed by atoms with van der Waals surface area (Å²) < 4.78 is 6.04. The predicted molar refractivity (Wildman–Crippen MR) is 149 cm³/mol. The molecule has 1 aromatic heterocycles. The van der Waals surface area contributed by atoms with E-state index in [0.29, 0.717) is 34.2 Å². The highest BCUT2D eigenvalue weighted by molar-refractivity contribution is 6.32. The lowest BCUT2D eigenvalue weighted by Crippen LogP contribution is -2.66. The number of hydrogen-bond acceptors (Lipinski definition) is 6. The maximum absolute atomic E-state index is 13.2. The molecule has 38 heavy (non-hydrogen) atoms. The van der Waals surface area contributed by atoms with E-state index < -0.39 is 0 Å². The van der Waals surface area contributed by atoms with Gasteiger partial charge < -0.3 is 10.1 Å². The minimum absolute atomic E-state index is 0.0424. The van der Waals surface area contributed by atoms with Gasteiger partial charge in [-0.25, -0.2) is 0 Å². The Kier molecular flexibility index (Phi) is 7.78. The van der Waals surface area contributed by atoms with Crippen LogP contribution in [0.25, 0.3) is 11.1 Å². The minimum atomic E-state index is -0.169. The lowest BCUT2D eigenvalue weighted by Gasteiger charge is -2.57. The SMILES string of the molecule is CC(C)N1C(C)(C)CC(NC(=O)c2ccc(Oc3cccc(-c4ccnnc4)c3C#N)c(Cl)c2)CC1(C)C. The van der Waals surface area contributed by atoms with Gasteiger partial charge in [0.2, 0.25) is 0 Å². The maximum atomic E-state index is 13.2. The second kappa shape index (κ2) is 10.7. The van der Waals surface area contributed by atoms with E-state index in [1.807, 2.05) is 6.07 Å². The average molecular weight is 532 g/mol. The average Bonchev–Trinajstić information content (AvgIpc) is 2.83. The molecule has 0 radical (unpaired) electrons. The predicted octanol–water partition coefficient (Wildman–Crippen LogP) is 6.62. The molecule has 0 atom stereocenters.